The molecule has 1 aliphatic heterocycles. The van der Waals surface area contributed by atoms with Crippen molar-refractivity contribution in [2.45, 2.75) is 44.2 Å². The Morgan fingerprint density at radius 3 is 2.37 bits per heavy atom. The van der Waals surface area contributed by atoms with Crippen molar-refractivity contribution in [2.24, 2.45) is 0 Å². The van der Waals surface area contributed by atoms with Crippen molar-refractivity contribution < 1.29 is 8.42 Å². The molecule has 0 spiro atoms. The number of nitrogens with one attached hydrogen (secondary N) is 1. The third kappa shape index (κ3) is 3.18. The first kappa shape index (κ1) is 13.1. The molecule has 0 amide bonds. The summed E-state index contributed by atoms with van der Waals surface area (Å²) in [6, 6.07) is 9.56. The van der Waals surface area contributed by atoms with Crippen LogP contribution in [0.1, 0.15) is 30.4 Å². The van der Waals surface area contributed by atoms with Gasteiger partial charge in [-0.1, -0.05) is 24.3 Å². The fourth-order valence-electron chi connectivity index (χ4n) is 3.23. The first-order chi connectivity index (χ1) is 9.12. The monoisotopic (exact) mass is 279 g/mol. The van der Waals surface area contributed by atoms with Gasteiger partial charge in [0.1, 0.15) is 9.84 Å². The van der Waals surface area contributed by atoms with Crippen LogP contribution in [-0.2, 0) is 22.7 Å². The molecule has 19 heavy (non-hydrogen) atoms. The van der Waals surface area contributed by atoms with E-state index in [4.69, 9.17) is 0 Å². The second-order valence-electron chi connectivity index (χ2n) is 5.80. The van der Waals surface area contributed by atoms with Gasteiger partial charge in [-0.3, -0.25) is 0 Å². The molecule has 0 aromatic heterocycles. The summed E-state index contributed by atoms with van der Waals surface area (Å²) >= 11 is 0. The number of rotatable bonds is 2. The van der Waals surface area contributed by atoms with E-state index in [1.54, 1.807) is 0 Å². The average molecular weight is 279 g/mol. The molecule has 0 saturated carbocycles. The number of benzene rings is 1. The zero-order valence-electron chi connectivity index (χ0n) is 11.1. The second-order valence-corrected chi connectivity index (χ2v) is 8.10. The summed E-state index contributed by atoms with van der Waals surface area (Å²) in [5, 5.41) is 3.67. The van der Waals surface area contributed by atoms with Gasteiger partial charge in [0.2, 0.25) is 0 Å². The molecule has 1 aromatic rings. The minimum Gasteiger partial charge on any atom is -0.311 e. The Hall–Kier alpha value is -0.870. The van der Waals surface area contributed by atoms with E-state index in [0.717, 1.165) is 25.7 Å². The molecule has 1 atom stereocenters. The number of aryl methyl sites for hydroxylation is 1. The van der Waals surface area contributed by atoms with Gasteiger partial charge in [0.15, 0.2) is 0 Å². The zero-order valence-corrected chi connectivity index (χ0v) is 12.0. The summed E-state index contributed by atoms with van der Waals surface area (Å²) in [6.45, 7) is 0. The number of hydrogen-bond donors (Lipinski definition) is 1. The summed E-state index contributed by atoms with van der Waals surface area (Å²) in [4.78, 5) is 0. The van der Waals surface area contributed by atoms with Crippen molar-refractivity contribution in [1.82, 2.24) is 5.32 Å². The van der Waals surface area contributed by atoms with E-state index in [1.165, 1.54) is 17.5 Å². The Balaban J connectivity index is 1.58. The standard InChI is InChI=1S/C15H21NO2S/c17-19(18)9-7-14(8-10-19)16-15-6-5-12-3-1-2-4-13(12)11-15/h1-4,14-16H,5-11H2/t15-/m1/s1. The number of hydrogen-bond acceptors (Lipinski definition) is 3. The van der Waals surface area contributed by atoms with Gasteiger partial charge in [-0.05, 0) is 43.2 Å². The quantitative estimate of drug-likeness (QED) is 0.896. The SMILES string of the molecule is O=S1(=O)CCC(N[C@@H]2CCc3ccccc3C2)CC1. The molecule has 4 heteroatoms. The summed E-state index contributed by atoms with van der Waals surface area (Å²) in [5.41, 5.74) is 2.93. The van der Waals surface area contributed by atoms with Crippen LogP contribution in [0.2, 0.25) is 0 Å². The third-order valence-electron chi connectivity index (χ3n) is 4.37. The highest BCUT2D eigenvalue weighted by Crippen LogP contribution is 2.22. The molecule has 1 heterocycles. The van der Waals surface area contributed by atoms with E-state index in [9.17, 15) is 8.42 Å². The largest absolute Gasteiger partial charge is 0.311 e. The van der Waals surface area contributed by atoms with Gasteiger partial charge >= 0.3 is 0 Å². The maximum absolute atomic E-state index is 11.4. The van der Waals surface area contributed by atoms with Crippen LogP contribution in [0.3, 0.4) is 0 Å². The lowest BCUT2D eigenvalue weighted by molar-refractivity contribution is 0.372. The molecular weight excluding hydrogens is 258 g/mol. The average Bonchev–Trinajstić information content (AvgIpc) is 2.41. The van der Waals surface area contributed by atoms with Gasteiger partial charge in [-0.15, -0.1) is 0 Å². The van der Waals surface area contributed by atoms with Gasteiger partial charge in [-0.25, -0.2) is 8.42 Å². The van der Waals surface area contributed by atoms with Gasteiger partial charge in [-0.2, -0.15) is 0 Å². The van der Waals surface area contributed by atoms with Crippen molar-refractivity contribution >= 4 is 9.84 Å². The van der Waals surface area contributed by atoms with Crippen molar-refractivity contribution in [3.63, 3.8) is 0 Å². The molecule has 1 aromatic carbocycles. The first-order valence-corrected chi connectivity index (χ1v) is 8.98. The van der Waals surface area contributed by atoms with E-state index in [0.29, 0.717) is 23.6 Å². The van der Waals surface area contributed by atoms with Crippen LogP contribution in [0, 0.1) is 0 Å². The molecule has 2 aliphatic rings. The zero-order chi connectivity index (χ0) is 13.3. The Kier molecular flexibility index (Phi) is 3.63. The highest BCUT2D eigenvalue weighted by molar-refractivity contribution is 7.91. The normalized spacial score (nSPS) is 26.8. The fourth-order valence-corrected chi connectivity index (χ4v) is 4.72. The minimum absolute atomic E-state index is 0.355. The smallest absolute Gasteiger partial charge is 0.150 e. The summed E-state index contributed by atoms with van der Waals surface area (Å²) in [6.07, 6.45) is 4.94. The van der Waals surface area contributed by atoms with Crippen molar-refractivity contribution in [3.8, 4) is 0 Å². The van der Waals surface area contributed by atoms with Crippen LogP contribution < -0.4 is 5.32 Å². The fraction of sp³-hybridized carbons (Fsp3) is 0.600. The van der Waals surface area contributed by atoms with Crippen LogP contribution in [0.5, 0.6) is 0 Å². The van der Waals surface area contributed by atoms with Crippen molar-refractivity contribution in [2.75, 3.05) is 11.5 Å². The molecule has 0 unspecified atom stereocenters. The Labute approximate surface area is 115 Å². The summed E-state index contributed by atoms with van der Waals surface area (Å²) < 4.78 is 22.8. The maximum Gasteiger partial charge on any atom is 0.150 e. The Morgan fingerprint density at radius 1 is 0.947 bits per heavy atom. The predicted octanol–water partition coefficient (Wildman–Crippen LogP) is 1.71. The number of sulfone groups is 1. The molecule has 1 saturated heterocycles. The lowest BCUT2D eigenvalue weighted by atomic mass is 9.88. The summed E-state index contributed by atoms with van der Waals surface area (Å²) in [7, 11) is -2.75. The topological polar surface area (TPSA) is 46.2 Å². The molecule has 1 fully saturated rings. The Bertz CT molecular complexity index is 539. The second kappa shape index (κ2) is 5.25. The highest BCUT2D eigenvalue weighted by Gasteiger charge is 2.26. The van der Waals surface area contributed by atoms with Crippen LogP contribution in [0.15, 0.2) is 24.3 Å². The van der Waals surface area contributed by atoms with Gasteiger partial charge < -0.3 is 5.32 Å². The Morgan fingerprint density at radius 2 is 1.63 bits per heavy atom. The van der Waals surface area contributed by atoms with Crippen LogP contribution in [-0.4, -0.2) is 32.0 Å². The van der Waals surface area contributed by atoms with Gasteiger partial charge in [0, 0.05) is 12.1 Å². The molecule has 1 aliphatic carbocycles. The molecular formula is C15H21NO2S. The molecule has 0 radical (unpaired) electrons. The molecule has 0 bridgehead atoms. The predicted molar refractivity (Wildman–Crippen MR) is 77.1 cm³/mol. The van der Waals surface area contributed by atoms with Crippen LogP contribution >= 0.6 is 0 Å². The minimum atomic E-state index is -2.75. The van der Waals surface area contributed by atoms with Crippen LogP contribution in [0.25, 0.3) is 0 Å². The van der Waals surface area contributed by atoms with E-state index in [1.807, 2.05) is 0 Å². The number of fused-ring (bicyclic) bond motifs is 1. The first-order valence-electron chi connectivity index (χ1n) is 7.16. The van der Waals surface area contributed by atoms with E-state index in [-0.39, 0.29) is 0 Å². The van der Waals surface area contributed by atoms with Crippen LogP contribution in [0.4, 0.5) is 0 Å². The molecule has 1 N–H and O–H groups in total. The molecule has 3 rings (SSSR count). The highest BCUT2D eigenvalue weighted by atomic mass is 32.2. The lowest BCUT2D eigenvalue weighted by Crippen LogP contribution is -2.45. The molecule has 104 valence electrons. The van der Waals surface area contributed by atoms with Crippen molar-refractivity contribution in [1.29, 1.82) is 0 Å². The molecule has 3 nitrogen and oxygen atoms in total. The van der Waals surface area contributed by atoms with Gasteiger partial charge in [0.05, 0.1) is 11.5 Å². The summed E-state index contributed by atoms with van der Waals surface area (Å²) in [5.74, 6) is 0.710. The van der Waals surface area contributed by atoms with E-state index < -0.39 is 9.84 Å². The lowest BCUT2D eigenvalue weighted by Gasteiger charge is -2.31. The third-order valence-corrected chi connectivity index (χ3v) is 6.09. The van der Waals surface area contributed by atoms with E-state index >= 15 is 0 Å². The van der Waals surface area contributed by atoms with E-state index in [2.05, 4.69) is 29.6 Å². The maximum atomic E-state index is 11.4. The van der Waals surface area contributed by atoms with Crippen molar-refractivity contribution in [3.05, 3.63) is 35.4 Å². The van der Waals surface area contributed by atoms with Gasteiger partial charge in [0.25, 0.3) is 0 Å².